The van der Waals surface area contributed by atoms with Crippen LogP contribution < -0.4 is 10.2 Å². The zero-order valence-electron chi connectivity index (χ0n) is 9.79. The summed E-state index contributed by atoms with van der Waals surface area (Å²) in [6.07, 6.45) is 2.53. The average Bonchev–Trinajstić information content (AvgIpc) is 2.68. The predicted octanol–water partition coefficient (Wildman–Crippen LogP) is 3.41. The minimum absolute atomic E-state index is 0.618. The van der Waals surface area contributed by atoms with Gasteiger partial charge in [0.1, 0.15) is 0 Å². The Morgan fingerprint density at radius 3 is 2.87 bits per heavy atom. The molecule has 0 aliphatic carbocycles. The Morgan fingerprint density at radius 1 is 1.47 bits per heavy atom. The van der Waals surface area contributed by atoms with Crippen molar-refractivity contribution in [2.45, 2.75) is 32.7 Å². The minimum Gasteiger partial charge on any atom is -0.378 e. The van der Waals surface area contributed by atoms with E-state index in [-0.39, 0.29) is 0 Å². The highest BCUT2D eigenvalue weighted by molar-refractivity contribution is 7.09. The fourth-order valence-electron chi connectivity index (χ4n) is 2.46. The molecule has 1 aromatic heterocycles. The molecule has 0 aromatic carbocycles. The molecule has 0 saturated heterocycles. The van der Waals surface area contributed by atoms with Crippen molar-refractivity contribution in [3.05, 3.63) is 10.8 Å². The van der Waals surface area contributed by atoms with Gasteiger partial charge in [-0.25, -0.2) is 0 Å². The topological polar surface area (TPSA) is 15.3 Å². The highest BCUT2D eigenvalue weighted by Crippen LogP contribution is 2.35. The highest BCUT2D eigenvalue weighted by atomic mass is 32.1. The molecule has 1 unspecified atom stereocenters. The van der Waals surface area contributed by atoms with E-state index in [9.17, 15) is 0 Å². The lowest BCUT2D eigenvalue weighted by atomic mass is 9.92. The number of likely N-dealkylation sites (N-methyl/N-ethyl adjacent to an activating group) is 1. The molecule has 0 bridgehead atoms. The van der Waals surface area contributed by atoms with Crippen molar-refractivity contribution in [1.29, 1.82) is 0 Å². The van der Waals surface area contributed by atoms with Gasteiger partial charge in [-0.1, -0.05) is 26.7 Å². The maximum Gasteiger partial charge on any atom is 0.0709 e. The summed E-state index contributed by atoms with van der Waals surface area (Å²) in [4.78, 5) is 2.38. The van der Waals surface area contributed by atoms with Gasteiger partial charge in [-0.15, -0.1) is 11.3 Å². The van der Waals surface area contributed by atoms with Gasteiger partial charge in [-0.2, -0.15) is 0 Å². The summed E-state index contributed by atoms with van der Waals surface area (Å²) in [5.74, 6) is 0.792. The second-order valence-electron chi connectivity index (χ2n) is 4.38. The molecule has 0 amide bonds. The van der Waals surface area contributed by atoms with Crippen LogP contribution in [0.4, 0.5) is 11.4 Å². The number of fused-ring (bicyclic) bond motifs is 1. The highest BCUT2D eigenvalue weighted by Gasteiger charge is 2.26. The van der Waals surface area contributed by atoms with E-state index >= 15 is 0 Å². The summed E-state index contributed by atoms with van der Waals surface area (Å²) < 4.78 is 0. The molecule has 0 saturated carbocycles. The SMILES string of the molecule is CCC(CC)C1CN(C)c2cscc2N1. The van der Waals surface area contributed by atoms with Crippen molar-refractivity contribution in [2.75, 3.05) is 23.8 Å². The average molecular weight is 224 g/mol. The van der Waals surface area contributed by atoms with E-state index in [0.717, 1.165) is 12.5 Å². The molecular weight excluding hydrogens is 204 g/mol. The van der Waals surface area contributed by atoms with Crippen molar-refractivity contribution in [2.24, 2.45) is 5.92 Å². The third-order valence-electron chi connectivity index (χ3n) is 3.48. The standard InChI is InChI=1S/C12H20N2S/c1-4-9(5-2)10-6-14(3)12-8-15-7-11(12)13-10/h7-10,13H,4-6H2,1-3H3. The molecule has 3 heteroatoms. The number of hydrogen-bond donors (Lipinski definition) is 1. The maximum absolute atomic E-state index is 3.68. The molecule has 84 valence electrons. The van der Waals surface area contributed by atoms with Crippen molar-refractivity contribution in [3.8, 4) is 0 Å². The van der Waals surface area contributed by atoms with Crippen molar-refractivity contribution < 1.29 is 0 Å². The van der Waals surface area contributed by atoms with Crippen LogP contribution in [0.15, 0.2) is 10.8 Å². The van der Waals surface area contributed by atoms with E-state index in [1.165, 1.54) is 24.2 Å². The van der Waals surface area contributed by atoms with Gasteiger partial charge in [0.25, 0.3) is 0 Å². The summed E-state index contributed by atoms with van der Waals surface area (Å²) in [5, 5.41) is 8.13. The van der Waals surface area contributed by atoms with Gasteiger partial charge < -0.3 is 10.2 Å². The third kappa shape index (κ3) is 1.98. The molecule has 2 heterocycles. The number of nitrogens with zero attached hydrogens (tertiary/aromatic N) is 1. The Hall–Kier alpha value is -0.700. The first-order chi connectivity index (χ1) is 7.26. The maximum atomic E-state index is 3.68. The van der Waals surface area contributed by atoms with Gasteiger partial charge in [0, 0.05) is 30.4 Å². The quantitative estimate of drug-likeness (QED) is 0.846. The number of thiophene rings is 1. The zero-order valence-corrected chi connectivity index (χ0v) is 10.6. The normalized spacial score (nSPS) is 20.3. The summed E-state index contributed by atoms with van der Waals surface area (Å²) in [6, 6.07) is 0.618. The number of hydrogen-bond acceptors (Lipinski definition) is 3. The van der Waals surface area contributed by atoms with Crippen LogP contribution in [0, 0.1) is 5.92 Å². The van der Waals surface area contributed by atoms with Gasteiger partial charge in [-0.05, 0) is 5.92 Å². The Balaban J connectivity index is 2.15. The monoisotopic (exact) mass is 224 g/mol. The second kappa shape index (κ2) is 4.44. The van der Waals surface area contributed by atoms with Gasteiger partial charge in [0.05, 0.1) is 11.4 Å². The smallest absolute Gasteiger partial charge is 0.0709 e. The van der Waals surface area contributed by atoms with Crippen molar-refractivity contribution in [1.82, 2.24) is 0 Å². The van der Waals surface area contributed by atoms with Crippen LogP contribution in [0.2, 0.25) is 0 Å². The van der Waals surface area contributed by atoms with E-state index in [1.807, 2.05) is 0 Å². The summed E-state index contributed by atoms with van der Waals surface area (Å²) in [5.41, 5.74) is 2.69. The van der Waals surface area contributed by atoms with Crippen LogP contribution in [-0.2, 0) is 0 Å². The summed E-state index contributed by atoms with van der Waals surface area (Å²) in [7, 11) is 2.20. The van der Waals surface area contributed by atoms with Crippen molar-refractivity contribution in [3.63, 3.8) is 0 Å². The van der Waals surface area contributed by atoms with Crippen LogP contribution in [0.5, 0.6) is 0 Å². The molecule has 1 aliphatic heterocycles. The van der Waals surface area contributed by atoms with Gasteiger partial charge >= 0.3 is 0 Å². The molecule has 0 radical (unpaired) electrons. The largest absolute Gasteiger partial charge is 0.378 e. The van der Waals surface area contributed by atoms with E-state index in [4.69, 9.17) is 0 Å². The lowest BCUT2D eigenvalue weighted by molar-refractivity contribution is 0.414. The molecule has 0 spiro atoms. The van der Waals surface area contributed by atoms with Crippen LogP contribution in [0.1, 0.15) is 26.7 Å². The van der Waals surface area contributed by atoms with Gasteiger partial charge in [-0.3, -0.25) is 0 Å². The fraction of sp³-hybridized carbons (Fsp3) is 0.667. The first-order valence-corrected chi connectivity index (χ1v) is 6.74. The number of nitrogens with one attached hydrogen (secondary N) is 1. The van der Waals surface area contributed by atoms with E-state index in [0.29, 0.717) is 6.04 Å². The molecule has 15 heavy (non-hydrogen) atoms. The van der Waals surface area contributed by atoms with Crippen LogP contribution >= 0.6 is 11.3 Å². The first-order valence-electron chi connectivity index (χ1n) is 5.80. The fourth-order valence-corrected chi connectivity index (χ4v) is 3.29. The molecule has 0 fully saturated rings. The van der Waals surface area contributed by atoms with Crippen LogP contribution in [0.3, 0.4) is 0 Å². The van der Waals surface area contributed by atoms with E-state index in [2.05, 4.69) is 41.9 Å². The molecule has 1 N–H and O–H groups in total. The Kier molecular flexibility index (Phi) is 3.19. The Labute approximate surface area is 96.3 Å². The number of anilines is 2. The molecule has 2 nitrogen and oxygen atoms in total. The van der Waals surface area contributed by atoms with Gasteiger partial charge in [0.15, 0.2) is 0 Å². The van der Waals surface area contributed by atoms with E-state index < -0.39 is 0 Å². The predicted molar refractivity (Wildman–Crippen MR) is 69.1 cm³/mol. The molecular formula is C12H20N2S. The third-order valence-corrected chi connectivity index (χ3v) is 4.21. The van der Waals surface area contributed by atoms with Crippen LogP contribution in [0.25, 0.3) is 0 Å². The molecule has 1 aromatic rings. The Bertz CT molecular complexity index is 317. The summed E-state index contributed by atoms with van der Waals surface area (Å²) >= 11 is 1.78. The molecule has 1 aliphatic rings. The lowest BCUT2D eigenvalue weighted by Gasteiger charge is -2.37. The minimum atomic E-state index is 0.618. The van der Waals surface area contributed by atoms with E-state index in [1.54, 1.807) is 11.3 Å². The Morgan fingerprint density at radius 2 is 2.20 bits per heavy atom. The van der Waals surface area contributed by atoms with Gasteiger partial charge in [0.2, 0.25) is 0 Å². The second-order valence-corrected chi connectivity index (χ2v) is 5.12. The van der Waals surface area contributed by atoms with Crippen LogP contribution in [-0.4, -0.2) is 19.6 Å². The molecule has 1 atom stereocenters. The lowest BCUT2D eigenvalue weighted by Crippen LogP contribution is -2.43. The first kappa shape index (κ1) is 10.8. The number of rotatable bonds is 3. The summed E-state index contributed by atoms with van der Waals surface area (Å²) in [6.45, 7) is 5.72. The molecule has 2 rings (SSSR count). The van der Waals surface area contributed by atoms with Crippen molar-refractivity contribution >= 4 is 22.7 Å². The zero-order chi connectivity index (χ0) is 10.8.